The first kappa shape index (κ1) is 29.7. The number of nitrogens with zero attached hydrogens (tertiary/aromatic N) is 1. The van der Waals surface area contributed by atoms with Gasteiger partial charge in [0.1, 0.15) is 0 Å². The van der Waals surface area contributed by atoms with E-state index in [9.17, 15) is 9.67 Å². The third-order valence-corrected chi connectivity index (χ3v) is 9.12. The Morgan fingerprint density at radius 1 is 0.857 bits per heavy atom. The van der Waals surface area contributed by atoms with E-state index in [4.69, 9.17) is 14.0 Å². The van der Waals surface area contributed by atoms with Crippen molar-refractivity contribution in [1.29, 1.82) is 0 Å². The van der Waals surface area contributed by atoms with Crippen LogP contribution in [0.5, 0.6) is 0 Å². The van der Waals surface area contributed by atoms with E-state index in [1.807, 2.05) is 50.2 Å². The SMILES string of the molecule is CCOC(C)(OCC)P(=O)(OCC)[C@H](O)[C@H](CC(C)C)N(Cc1ccccc1)Cc1ccccc1. The molecule has 0 aromatic heterocycles. The number of benzene rings is 2. The van der Waals surface area contributed by atoms with Crippen molar-refractivity contribution >= 4 is 7.37 Å². The number of ether oxygens (including phenoxy) is 2. The molecule has 2 rings (SSSR count). The molecule has 0 heterocycles. The average molecular weight is 506 g/mol. The predicted octanol–water partition coefficient (Wildman–Crippen LogP) is 6.48. The molecule has 0 aliphatic rings. The number of aliphatic hydroxyl groups excluding tert-OH is 1. The summed E-state index contributed by atoms with van der Waals surface area (Å²) in [5.41, 5.74) is 0.688. The zero-order chi connectivity index (χ0) is 25.9. The first-order valence-corrected chi connectivity index (χ1v) is 14.4. The summed E-state index contributed by atoms with van der Waals surface area (Å²) in [6.45, 7) is 13.2. The van der Waals surface area contributed by atoms with Crippen LogP contribution in [-0.4, -0.2) is 47.2 Å². The van der Waals surface area contributed by atoms with Gasteiger partial charge in [0.15, 0.2) is 5.85 Å². The molecule has 0 aliphatic heterocycles. The minimum atomic E-state index is -3.87. The van der Waals surface area contributed by atoms with Crippen LogP contribution >= 0.6 is 7.37 Å². The van der Waals surface area contributed by atoms with Crippen molar-refractivity contribution in [1.82, 2.24) is 4.90 Å². The summed E-state index contributed by atoms with van der Waals surface area (Å²) in [6.07, 6.45) is 0.631. The second-order valence-corrected chi connectivity index (χ2v) is 12.1. The van der Waals surface area contributed by atoms with Crippen LogP contribution in [0.25, 0.3) is 0 Å². The molecule has 2 aromatic rings. The van der Waals surface area contributed by atoms with E-state index >= 15 is 0 Å². The van der Waals surface area contributed by atoms with Gasteiger partial charge in [-0.2, -0.15) is 0 Å². The monoisotopic (exact) mass is 505 g/mol. The fraction of sp³-hybridized carbons (Fsp3) is 0.571. The van der Waals surface area contributed by atoms with E-state index in [-0.39, 0.29) is 25.7 Å². The van der Waals surface area contributed by atoms with Gasteiger partial charge in [-0.1, -0.05) is 74.5 Å². The van der Waals surface area contributed by atoms with Crippen LogP contribution in [-0.2, 0) is 31.7 Å². The Hall–Kier alpha value is -1.53. The van der Waals surface area contributed by atoms with Gasteiger partial charge in [0, 0.05) is 32.3 Å². The molecule has 2 aromatic carbocycles. The number of aliphatic hydroxyl groups is 1. The van der Waals surface area contributed by atoms with Crippen LogP contribution < -0.4 is 0 Å². The van der Waals surface area contributed by atoms with Gasteiger partial charge in [-0.05, 0) is 51.2 Å². The highest BCUT2D eigenvalue weighted by Gasteiger charge is 2.56. The van der Waals surface area contributed by atoms with Crippen LogP contribution in [0.3, 0.4) is 0 Å². The average Bonchev–Trinajstić information content (AvgIpc) is 2.83. The summed E-state index contributed by atoms with van der Waals surface area (Å²) in [5.74, 6) is -1.05. The Balaban J connectivity index is 2.57. The molecule has 1 N–H and O–H groups in total. The third-order valence-electron chi connectivity index (χ3n) is 6.04. The molecule has 0 amide bonds. The molecular weight excluding hydrogens is 461 g/mol. The van der Waals surface area contributed by atoms with E-state index in [0.717, 1.165) is 11.1 Å². The fourth-order valence-electron chi connectivity index (χ4n) is 4.48. The topological polar surface area (TPSA) is 68.2 Å². The van der Waals surface area contributed by atoms with Gasteiger partial charge in [0.2, 0.25) is 5.53 Å². The van der Waals surface area contributed by atoms with E-state index < -0.39 is 24.8 Å². The summed E-state index contributed by atoms with van der Waals surface area (Å²) in [7, 11) is -3.87. The Bertz CT molecular complexity index is 845. The molecule has 7 heteroatoms. The molecule has 0 spiro atoms. The number of rotatable bonds is 16. The van der Waals surface area contributed by atoms with Crippen LogP contribution in [0.4, 0.5) is 0 Å². The van der Waals surface area contributed by atoms with Crippen molar-refractivity contribution in [3.8, 4) is 0 Å². The fourth-order valence-corrected chi connectivity index (χ4v) is 7.11. The standard InChI is InChI=1S/C28H44NO5P/c1-7-32-28(6,33-8-2)35(31,34-9-3)27(30)26(20-23(4)5)29(21-24-16-12-10-13-17-24)22-25-18-14-11-15-19-25/h10-19,23,26-27,30H,7-9,20-22H2,1-6H3/t26-,27-,35?/m0/s1. The van der Waals surface area contributed by atoms with Crippen molar-refractivity contribution in [3.05, 3.63) is 71.8 Å². The first-order valence-electron chi connectivity index (χ1n) is 12.7. The molecule has 6 nitrogen and oxygen atoms in total. The normalized spacial score (nSPS) is 15.8. The third kappa shape index (κ3) is 7.98. The maximum absolute atomic E-state index is 14.6. The zero-order valence-corrected chi connectivity index (χ0v) is 23.1. The van der Waals surface area contributed by atoms with Crippen LogP contribution in [0, 0.1) is 5.92 Å². The van der Waals surface area contributed by atoms with Gasteiger partial charge in [0.25, 0.3) is 7.37 Å². The van der Waals surface area contributed by atoms with Gasteiger partial charge in [-0.3, -0.25) is 9.46 Å². The van der Waals surface area contributed by atoms with Crippen LogP contribution in [0.2, 0.25) is 0 Å². The lowest BCUT2D eigenvalue weighted by atomic mass is 10.0. The van der Waals surface area contributed by atoms with Gasteiger partial charge >= 0.3 is 0 Å². The summed E-state index contributed by atoms with van der Waals surface area (Å²) >= 11 is 0. The maximum Gasteiger partial charge on any atom is 0.289 e. The number of hydrogen-bond acceptors (Lipinski definition) is 6. The van der Waals surface area contributed by atoms with Crippen LogP contribution in [0.1, 0.15) is 59.1 Å². The van der Waals surface area contributed by atoms with E-state index in [1.165, 1.54) is 0 Å². The Morgan fingerprint density at radius 2 is 1.31 bits per heavy atom. The van der Waals surface area contributed by atoms with E-state index in [0.29, 0.717) is 19.5 Å². The van der Waals surface area contributed by atoms with Crippen molar-refractivity contribution in [2.75, 3.05) is 19.8 Å². The van der Waals surface area contributed by atoms with E-state index in [2.05, 4.69) is 43.0 Å². The van der Waals surface area contributed by atoms with E-state index in [1.54, 1.807) is 13.8 Å². The van der Waals surface area contributed by atoms with Crippen molar-refractivity contribution < 1.29 is 23.7 Å². The van der Waals surface area contributed by atoms with Gasteiger partial charge in [0.05, 0.1) is 6.61 Å². The molecule has 0 saturated carbocycles. The molecule has 0 fully saturated rings. The molecule has 35 heavy (non-hydrogen) atoms. The second kappa shape index (κ2) is 14.3. The Labute approximate surface area is 212 Å². The van der Waals surface area contributed by atoms with Crippen molar-refractivity contribution in [3.63, 3.8) is 0 Å². The van der Waals surface area contributed by atoms with Gasteiger partial charge < -0.3 is 19.1 Å². The van der Waals surface area contributed by atoms with Crippen LogP contribution in [0.15, 0.2) is 60.7 Å². The largest absolute Gasteiger partial charge is 0.381 e. The highest BCUT2D eigenvalue weighted by atomic mass is 31.2. The molecular formula is C28H44NO5P. The van der Waals surface area contributed by atoms with Crippen molar-refractivity contribution in [2.24, 2.45) is 5.92 Å². The Kier molecular flexibility index (Phi) is 12.1. The minimum absolute atomic E-state index is 0.176. The lowest BCUT2D eigenvalue weighted by molar-refractivity contribution is -0.171. The molecule has 0 saturated heterocycles. The van der Waals surface area contributed by atoms with Crippen molar-refractivity contribution in [2.45, 2.75) is 78.5 Å². The Morgan fingerprint density at radius 3 is 1.69 bits per heavy atom. The molecule has 1 unspecified atom stereocenters. The second-order valence-electron chi connectivity index (χ2n) is 9.27. The summed E-state index contributed by atoms with van der Waals surface area (Å²) in [4.78, 5) is 2.21. The molecule has 0 aliphatic carbocycles. The summed E-state index contributed by atoms with van der Waals surface area (Å²) in [6, 6.07) is 19.9. The molecule has 0 radical (unpaired) electrons. The quantitative estimate of drug-likeness (QED) is 0.208. The summed E-state index contributed by atoms with van der Waals surface area (Å²) < 4.78 is 32.3. The molecule has 3 atom stereocenters. The smallest absolute Gasteiger partial charge is 0.289 e. The first-order chi connectivity index (χ1) is 16.7. The minimum Gasteiger partial charge on any atom is -0.381 e. The molecule has 0 bridgehead atoms. The maximum atomic E-state index is 14.6. The highest BCUT2D eigenvalue weighted by Crippen LogP contribution is 2.64. The zero-order valence-electron chi connectivity index (χ0n) is 22.2. The predicted molar refractivity (Wildman–Crippen MR) is 142 cm³/mol. The molecule has 196 valence electrons. The van der Waals surface area contributed by atoms with Gasteiger partial charge in [-0.25, -0.2) is 0 Å². The highest BCUT2D eigenvalue weighted by molar-refractivity contribution is 7.60. The lowest BCUT2D eigenvalue weighted by Gasteiger charge is -2.44. The number of hydrogen-bond donors (Lipinski definition) is 1. The summed E-state index contributed by atoms with van der Waals surface area (Å²) in [5, 5.41) is 11.9. The lowest BCUT2D eigenvalue weighted by Crippen LogP contribution is -2.48. The van der Waals surface area contributed by atoms with Gasteiger partial charge in [-0.15, -0.1) is 0 Å².